The number of aromatic nitrogens is 2. The van der Waals surface area contributed by atoms with E-state index in [1.54, 1.807) is 25.3 Å². The Morgan fingerprint density at radius 1 is 1.15 bits per heavy atom. The molecule has 3 rings (SSSR count). The molecule has 0 spiro atoms. The summed E-state index contributed by atoms with van der Waals surface area (Å²) >= 11 is 5.40. The average molecular weight is 482 g/mol. The number of aromatic amines is 1. The molecule has 0 saturated heterocycles. The highest BCUT2D eigenvalue weighted by Crippen LogP contribution is 2.27. The van der Waals surface area contributed by atoms with Gasteiger partial charge in [0.15, 0.2) is 4.77 Å². The molecule has 3 aromatic rings. The van der Waals surface area contributed by atoms with Crippen LogP contribution in [0.3, 0.4) is 0 Å². The molecular weight excluding hydrogens is 446 g/mol. The second-order valence-electron chi connectivity index (χ2n) is 10.1. The number of hydrogen-bond donors (Lipinski definition) is 2. The molecule has 0 aliphatic carbocycles. The molecule has 1 atom stereocenters. The Balaban J connectivity index is 1.87. The lowest BCUT2D eigenvalue weighted by Crippen LogP contribution is -2.32. The summed E-state index contributed by atoms with van der Waals surface area (Å²) in [7, 11) is 1.63. The first kappa shape index (κ1) is 25.8. The minimum absolute atomic E-state index is 0.0720. The number of nitrogens with zero attached hydrogens (tertiary/aromatic N) is 1. The van der Waals surface area contributed by atoms with Gasteiger partial charge in [0, 0.05) is 25.8 Å². The molecule has 34 heavy (non-hydrogen) atoms. The number of nitrogens with one attached hydrogen (secondary N) is 2. The van der Waals surface area contributed by atoms with E-state index in [4.69, 9.17) is 17.0 Å². The SMILES string of the molecule is COCCCn1c(=S)[nH]c2cc(C(=O)NC(c3ccc(C(C)(C)C)cc3)C(C)C)ccc2c1=O. The lowest BCUT2D eigenvalue weighted by Gasteiger charge is -2.25. The molecule has 6 nitrogen and oxygen atoms in total. The highest BCUT2D eigenvalue weighted by atomic mass is 32.1. The summed E-state index contributed by atoms with van der Waals surface area (Å²) in [4.78, 5) is 29.2. The summed E-state index contributed by atoms with van der Waals surface area (Å²) in [6.45, 7) is 11.8. The monoisotopic (exact) mass is 481 g/mol. The van der Waals surface area contributed by atoms with Crippen LogP contribution in [0.15, 0.2) is 47.3 Å². The molecule has 7 heteroatoms. The van der Waals surface area contributed by atoms with Crippen molar-refractivity contribution in [1.29, 1.82) is 0 Å². The Morgan fingerprint density at radius 2 is 1.82 bits per heavy atom. The van der Waals surface area contributed by atoms with Gasteiger partial charge in [0.05, 0.1) is 16.9 Å². The lowest BCUT2D eigenvalue weighted by atomic mass is 9.85. The fraction of sp³-hybridized carbons (Fsp3) is 0.444. The van der Waals surface area contributed by atoms with Crippen LogP contribution in [0.4, 0.5) is 0 Å². The lowest BCUT2D eigenvalue weighted by molar-refractivity contribution is 0.0925. The van der Waals surface area contributed by atoms with E-state index < -0.39 is 0 Å². The van der Waals surface area contributed by atoms with Crippen LogP contribution in [0.5, 0.6) is 0 Å². The van der Waals surface area contributed by atoms with Crippen LogP contribution >= 0.6 is 12.2 Å². The summed E-state index contributed by atoms with van der Waals surface area (Å²) in [6, 6.07) is 13.4. The highest BCUT2D eigenvalue weighted by Gasteiger charge is 2.21. The van der Waals surface area contributed by atoms with E-state index in [0.717, 1.165) is 5.56 Å². The van der Waals surface area contributed by atoms with Gasteiger partial charge in [0.1, 0.15) is 0 Å². The van der Waals surface area contributed by atoms with E-state index in [-0.39, 0.29) is 28.8 Å². The molecule has 2 N–H and O–H groups in total. The number of benzene rings is 2. The third kappa shape index (κ3) is 5.83. The summed E-state index contributed by atoms with van der Waals surface area (Å²) in [6.07, 6.45) is 0.688. The third-order valence-electron chi connectivity index (χ3n) is 6.06. The van der Waals surface area contributed by atoms with E-state index in [1.807, 2.05) is 0 Å². The maximum absolute atomic E-state index is 13.2. The number of ether oxygens (including phenoxy) is 1. The summed E-state index contributed by atoms with van der Waals surface area (Å²) in [5.74, 6) is 0.0130. The molecule has 1 heterocycles. The average Bonchev–Trinajstić information content (AvgIpc) is 2.78. The number of fused-ring (bicyclic) bond motifs is 1. The minimum Gasteiger partial charge on any atom is -0.385 e. The fourth-order valence-corrected chi connectivity index (χ4v) is 4.30. The van der Waals surface area contributed by atoms with Crippen LogP contribution in [0.2, 0.25) is 0 Å². The molecule has 0 radical (unpaired) electrons. The zero-order chi connectivity index (χ0) is 25.0. The quantitative estimate of drug-likeness (QED) is 0.328. The first-order chi connectivity index (χ1) is 16.0. The number of H-pyrrole nitrogens is 1. The third-order valence-corrected chi connectivity index (χ3v) is 6.39. The molecule has 2 aromatic carbocycles. The number of rotatable bonds is 8. The minimum atomic E-state index is -0.191. The molecule has 1 amide bonds. The van der Waals surface area contributed by atoms with Gasteiger partial charge in [-0.25, -0.2) is 0 Å². The molecule has 182 valence electrons. The van der Waals surface area contributed by atoms with Gasteiger partial charge in [-0.2, -0.15) is 0 Å². The van der Waals surface area contributed by atoms with Crippen LogP contribution in [-0.2, 0) is 16.7 Å². The predicted octanol–water partition coefficient (Wildman–Crippen LogP) is 5.52. The van der Waals surface area contributed by atoms with Crippen molar-refractivity contribution in [1.82, 2.24) is 14.9 Å². The standard InChI is InChI=1S/C27H35N3O3S/c1-17(2)23(18-8-11-20(12-9-18)27(3,4)5)29-24(31)19-10-13-21-22(16-19)28-26(34)30(25(21)32)14-7-15-33-6/h8-13,16-17,23H,7,14-15H2,1-6H3,(H,28,34)(H,29,31). The van der Waals surface area contributed by atoms with Crippen LogP contribution in [0, 0.1) is 10.7 Å². The number of amides is 1. The van der Waals surface area contributed by atoms with Crippen LogP contribution in [0.25, 0.3) is 10.9 Å². The van der Waals surface area contributed by atoms with Gasteiger partial charge in [-0.05, 0) is 59.3 Å². The highest BCUT2D eigenvalue weighted by molar-refractivity contribution is 7.71. The van der Waals surface area contributed by atoms with Crippen molar-refractivity contribution in [3.05, 3.63) is 74.3 Å². The normalized spacial score (nSPS) is 12.8. The molecule has 1 unspecified atom stereocenters. The molecule has 0 fully saturated rings. The molecule has 0 aliphatic heterocycles. The molecule has 0 saturated carbocycles. The maximum Gasteiger partial charge on any atom is 0.262 e. The Morgan fingerprint density at radius 3 is 2.41 bits per heavy atom. The van der Waals surface area contributed by atoms with Crippen molar-refractivity contribution in [2.45, 2.75) is 59.0 Å². The maximum atomic E-state index is 13.2. The Kier molecular flexibility index (Phi) is 8.10. The molecule has 1 aromatic heterocycles. The Bertz CT molecular complexity index is 1270. The van der Waals surface area contributed by atoms with Crippen molar-refractivity contribution >= 4 is 29.0 Å². The summed E-state index contributed by atoms with van der Waals surface area (Å²) < 4.78 is 6.94. The molecule has 0 bridgehead atoms. The van der Waals surface area contributed by atoms with Crippen molar-refractivity contribution in [2.24, 2.45) is 5.92 Å². The van der Waals surface area contributed by atoms with Crippen molar-refractivity contribution in [3.8, 4) is 0 Å². The van der Waals surface area contributed by atoms with E-state index in [0.29, 0.717) is 40.8 Å². The summed E-state index contributed by atoms with van der Waals surface area (Å²) in [5, 5.41) is 3.67. The Hall–Kier alpha value is -2.77. The number of carbonyl (C=O) groups is 1. The van der Waals surface area contributed by atoms with Crippen LogP contribution < -0.4 is 10.9 Å². The number of carbonyl (C=O) groups excluding carboxylic acids is 1. The van der Waals surface area contributed by atoms with Crippen LogP contribution in [0.1, 0.15) is 68.6 Å². The van der Waals surface area contributed by atoms with Gasteiger partial charge in [-0.15, -0.1) is 0 Å². The van der Waals surface area contributed by atoms with Gasteiger partial charge in [0.2, 0.25) is 0 Å². The zero-order valence-electron chi connectivity index (χ0n) is 20.9. The molecule has 0 aliphatic rings. The van der Waals surface area contributed by atoms with Crippen molar-refractivity contribution < 1.29 is 9.53 Å². The Labute approximate surface area is 206 Å². The largest absolute Gasteiger partial charge is 0.385 e. The van der Waals surface area contributed by atoms with E-state index in [2.05, 4.69) is 69.2 Å². The van der Waals surface area contributed by atoms with E-state index in [9.17, 15) is 9.59 Å². The van der Waals surface area contributed by atoms with E-state index in [1.165, 1.54) is 10.1 Å². The second kappa shape index (κ2) is 10.7. The summed E-state index contributed by atoms with van der Waals surface area (Å²) in [5.41, 5.74) is 3.26. The number of hydrogen-bond acceptors (Lipinski definition) is 4. The molecular formula is C27H35N3O3S. The van der Waals surface area contributed by atoms with Gasteiger partial charge >= 0.3 is 0 Å². The zero-order valence-corrected chi connectivity index (χ0v) is 21.7. The first-order valence-corrected chi connectivity index (χ1v) is 12.1. The smallest absolute Gasteiger partial charge is 0.262 e. The van der Waals surface area contributed by atoms with Gasteiger partial charge in [0.25, 0.3) is 11.5 Å². The van der Waals surface area contributed by atoms with Crippen molar-refractivity contribution in [3.63, 3.8) is 0 Å². The van der Waals surface area contributed by atoms with Crippen LogP contribution in [-0.4, -0.2) is 29.2 Å². The van der Waals surface area contributed by atoms with Gasteiger partial charge in [-0.3, -0.25) is 14.2 Å². The topological polar surface area (TPSA) is 76.1 Å². The second-order valence-corrected chi connectivity index (χ2v) is 10.4. The number of methoxy groups -OCH3 is 1. The predicted molar refractivity (Wildman–Crippen MR) is 140 cm³/mol. The first-order valence-electron chi connectivity index (χ1n) is 11.7. The van der Waals surface area contributed by atoms with Gasteiger partial charge < -0.3 is 15.0 Å². The fourth-order valence-electron chi connectivity index (χ4n) is 4.02. The van der Waals surface area contributed by atoms with Gasteiger partial charge in [-0.1, -0.05) is 58.9 Å². The van der Waals surface area contributed by atoms with Crippen molar-refractivity contribution in [2.75, 3.05) is 13.7 Å². The van der Waals surface area contributed by atoms with E-state index >= 15 is 0 Å².